The van der Waals surface area contributed by atoms with Crippen molar-refractivity contribution in [1.82, 2.24) is 4.57 Å². The van der Waals surface area contributed by atoms with Gasteiger partial charge in [0.25, 0.3) is 0 Å². The lowest BCUT2D eigenvalue weighted by molar-refractivity contribution is -0.140. The summed E-state index contributed by atoms with van der Waals surface area (Å²) in [6.45, 7) is 5.60. The molecule has 0 amide bonds. The molecule has 0 radical (unpaired) electrons. The van der Waals surface area contributed by atoms with Crippen LogP contribution in [0.3, 0.4) is 0 Å². The SMILES string of the molecule is CC(C)Oc1cccc2c1ccn2C(C)C(=O)O. The Labute approximate surface area is 106 Å². The second-order valence-corrected chi connectivity index (χ2v) is 4.59. The van der Waals surface area contributed by atoms with Crippen LogP contribution in [-0.2, 0) is 4.79 Å². The third-order valence-corrected chi connectivity index (χ3v) is 2.86. The van der Waals surface area contributed by atoms with Crippen LogP contribution in [0.15, 0.2) is 30.5 Å². The van der Waals surface area contributed by atoms with Crippen LogP contribution in [-0.4, -0.2) is 21.7 Å². The largest absolute Gasteiger partial charge is 0.490 e. The molecule has 0 aliphatic carbocycles. The molecule has 4 nitrogen and oxygen atoms in total. The number of carboxylic acid groups (broad SMARTS) is 1. The highest BCUT2D eigenvalue weighted by Crippen LogP contribution is 2.29. The van der Waals surface area contributed by atoms with E-state index < -0.39 is 12.0 Å². The van der Waals surface area contributed by atoms with Crippen LogP contribution in [0, 0.1) is 0 Å². The fourth-order valence-electron chi connectivity index (χ4n) is 1.97. The Morgan fingerprint density at radius 2 is 2.00 bits per heavy atom. The minimum atomic E-state index is -0.845. The predicted molar refractivity (Wildman–Crippen MR) is 70.0 cm³/mol. The number of aromatic nitrogens is 1. The molecule has 96 valence electrons. The number of carboxylic acids is 1. The Kier molecular flexibility index (Phi) is 3.28. The number of hydrogen-bond acceptors (Lipinski definition) is 2. The van der Waals surface area contributed by atoms with E-state index in [0.717, 1.165) is 16.7 Å². The van der Waals surface area contributed by atoms with Gasteiger partial charge in [-0.05, 0) is 39.0 Å². The fraction of sp³-hybridized carbons (Fsp3) is 0.357. The molecule has 4 heteroatoms. The summed E-state index contributed by atoms with van der Waals surface area (Å²) in [5, 5.41) is 10.0. The number of benzene rings is 1. The minimum Gasteiger partial charge on any atom is -0.490 e. The van der Waals surface area contributed by atoms with Gasteiger partial charge in [0.2, 0.25) is 0 Å². The summed E-state index contributed by atoms with van der Waals surface area (Å²) in [6, 6.07) is 6.99. The van der Waals surface area contributed by atoms with Gasteiger partial charge in [-0.2, -0.15) is 0 Å². The number of aliphatic carboxylic acids is 1. The summed E-state index contributed by atoms with van der Waals surface area (Å²) >= 11 is 0. The Morgan fingerprint density at radius 3 is 2.61 bits per heavy atom. The lowest BCUT2D eigenvalue weighted by Crippen LogP contribution is -2.14. The predicted octanol–water partition coefficient (Wildman–Crippen LogP) is 3.07. The van der Waals surface area contributed by atoms with Crippen molar-refractivity contribution in [1.29, 1.82) is 0 Å². The van der Waals surface area contributed by atoms with Crippen molar-refractivity contribution in [3.63, 3.8) is 0 Å². The van der Waals surface area contributed by atoms with Crippen molar-refractivity contribution in [2.24, 2.45) is 0 Å². The Balaban J connectivity index is 2.51. The second-order valence-electron chi connectivity index (χ2n) is 4.59. The van der Waals surface area contributed by atoms with E-state index in [4.69, 9.17) is 9.84 Å². The first-order valence-electron chi connectivity index (χ1n) is 5.99. The van der Waals surface area contributed by atoms with Crippen LogP contribution in [0.4, 0.5) is 0 Å². The zero-order valence-corrected chi connectivity index (χ0v) is 10.8. The van der Waals surface area contributed by atoms with Crippen LogP contribution in [0.1, 0.15) is 26.8 Å². The Morgan fingerprint density at radius 1 is 1.28 bits per heavy atom. The number of hydrogen-bond donors (Lipinski definition) is 1. The van der Waals surface area contributed by atoms with Gasteiger partial charge in [0.15, 0.2) is 0 Å². The van der Waals surface area contributed by atoms with E-state index in [1.807, 2.05) is 38.1 Å². The molecule has 0 fully saturated rings. The maximum Gasteiger partial charge on any atom is 0.326 e. The maximum atomic E-state index is 11.1. The Bertz CT molecular complexity index is 571. The smallest absolute Gasteiger partial charge is 0.326 e. The minimum absolute atomic E-state index is 0.0934. The van der Waals surface area contributed by atoms with E-state index in [1.54, 1.807) is 17.7 Å². The third kappa shape index (κ3) is 2.18. The maximum absolute atomic E-state index is 11.1. The number of rotatable bonds is 4. The first-order valence-corrected chi connectivity index (χ1v) is 5.99. The van der Waals surface area contributed by atoms with E-state index >= 15 is 0 Å². The molecule has 1 atom stereocenters. The molecule has 1 unspecified atom stereocenters. The van der Waals surface area contributed by atoms with Gasteiger partial charge in [-0.1, -0.05) is 6.07 Å². The van der Waals surface area contributed by atoms with E-state index in [2.05, 4.69) is 0 Å². The van der Waals surface area contributed by atoms with Crippen LogP contribution >= 0.6 is 0 Å². The number of carbonyl (C=O) groups is 1. The zero-order chi connectivity index (χ0) is 13.3. The van der Waals surface area contributed by atoms with Gasteiger partial charge in [0, 0.05) is 11.6 Å². The summed E-state index contributed by atoms with van der Waals surface area (Å²) in [6.07, 6.45) is 1.88. The van der Waals surface area contributed by atoms with Crippen LogP contribution in [0.5, 0.6) is 5.75 Å². The van der Waals surface area contributed by atoms with Gasteiger partial charge >= 0.3 is 5.97 Å². The molecule has 2 rings (SSSR count). The first kappa shape index (κ1) is 12.5. The van der Waals surface area contributed by atoms with Crippen LogP contribution < -0.4 is 4.74 Å². The summed E-state index contributed by atoms with van der Waals surface area (Å²) in [7, 11) is 0. The fourth-order valence-corrected chi connectivity index (χ4v) is 1.97. The van der Waals surface area contributed by atoms with Crippen molar-refractivity contribution in [3.05, 3.63) is 30.5 Å². The highest BCUT2D eigenvalue weighted by atomic mass is 16.5. The monoisotopic (exact) mass is 247 g/mol. The zero-order valence-electron chi connectivity index (χ0n) is 10.8. The lowest BCUT2D eigenvalue weighted by Gasteiger charge is -2.13. The molecule has 0 bridgehead atoms. The van der Waals surface area contributed by atoms with Crippen molar-refractivity contribution in [3.8, 4) is 5.75 Å². The van der Waals surface area contributed by atoms with Crippen LogP contribution in [0.25, 0.3) is 10.9 Å². The van der Waals surface area contributed by atoms with Crippen molar-refractivity contribution < 1.29 is 14.6 Å². The molecule has 18 heavy (non-hydrogen) atoms. The molecule has 2 aromatic rings. The summed E-state index contributed by atoms with van der Waals surface area (Å²) in [4.78, 5) is 11.1. The van der Waals surface area contributed by atoms with E-state index in [9.17, 15) is 4.79 Å². The molecule has 0 saturated heterocycles. The molecule has 0 aliphatic heterocycles. The third-order valence-electron chi connectivity index (χ3n) is 2.86. The average Bonchev–Trinajstić information content (AvgIpc) is 2.72. The molecule has 1 heterocycles. The van der Waals surface area contributed by atoms with Gasteiger partial charge in [0.05, 0.1) is 11.6 Å². The van der Waals surface area contributed by atoms with Gasteiger partial charge < -0.3 is 14.4 Å². The summed E-state index contributed by atoms with van der Waals surface area (Å²) in [5.74, 6) is -0.0541. The quantitative estimate of drug-likeness (QED) is 0.903. The number of ether oxygens (including phenoxy) is 1. The second kappa shape index (κ2) is 4.72. The number of nitrogens with zero attached hydrogens (tertiary/aromatic N) is 1. The molecule has 0 aliphatic rings. The normalized spacial score (nSPS) is 12.9. The van der Waals surface area contributed by atoms with E-state index in [1.165, 1.54) is 0 Å². The van der Waals surface area contributed by atoms with Gasteiger partial charge in [-0.3, -0.25) is 0 Å². The molecular weight excluding hydrogens is 230 g/mol. The average molecular weight is 247 g/mol. The topological polar surface area (TPSA) is 51.5 Å². The van der Waals surface area contributed by atoms with Crippen molar-refractivity contribution >= 4 is 16.9 Å². The standard InChI is InChI=1S/C14H17NO3/c1-9(2)18-13-6-4-5-12-11(13)7-8-15(12)10(3)14(16)17/h4-10H,1-3H3,(H,16,17). The van der Waals surface area contributed by atoms with E-state index in [-0.39, 0.29) is 6.10 Å². The summed E-state index contributed by atoms with van der Waals surface area (Å²) < 4.78 is 7.46. The van der Waals surface area contributed by atoms with Crippen LogP contribution in [0.2, 0.25) is 0 Å². The molecule has 1 aromatic heterocycles. The highest BCUT2D eigenvalue weighted by Gasteiger charge is 2.16. The highest BCUT2D eigenvalue weighted by molar-refractivity contribution is 5.88. The van der Waals surface area contributed by atoms with Gasteiger partial charge in [-0.15, -0.1) is 0 Å². The molecule has 1 aromatic carbocycles. The van der Waals surface area contributed by atoms with Gasteiger partial charge in [0.1, 0.15) is 11.8 Å². The lowest BCUT2D eigenvalue weighted by atomic mass is 10.2. The van der Waals surface area contributed by atoms with Gasteiger partial charge in [-0.25, -0.2) is 4.79 Å². The van der Waals surface area contributed by atoms with Crippen molar-refractivity contribution in [2.75, 3.05) is 0 Å². The Hall–Kier alpha value is -1.97. The summed E-state index contributed by atoms with van der Waals surface area (Å²) in [5.41, 5.74) is 0.878. The molecular formula is C14H17NO3. The number of fused-ring (bicyclic) bond motifs is 1. The molecule has 1 N–H and O–H groups in total. The van der Waals surface area contributed by atoms with E-state index in [0.29, 0.717) is 0 Å². The van der Waals surface area contributed by atoms with Crippen molar-refractivity contribution in [2.45, 2.75) is 32.9 Å². The molecule has 0 spiro atoms. The molecule has 0 saturated carbocycles. The first-order chi connectivity index (χ1) is 8.50.